The van der Waals surface area contributed by atoms with Crippen molar-refractivity contribution in [1.29, 1.82) is 0 Å². The number of rotatable bonds is 2. The minimum Gasteiger partial charge on any atom is -0.397 e. The van der Waals surface area contributed by atoms with E-state index in [1.165, 1.54) is 0 Å². The van der Waals surface area contributed by atoms with E-state index in [2.05, 4.69) is 17.2 Å². The van der Waals surface area contributed by atoms with Crippen LogP contribution in [0.1, 0.15) is 0 Å². The molecule has 0 amide bonds. The van der Waals surface area contributed by atoms with Crippen molar-refractivity contribution in [3.05, 3.63) is 24.3 Å². The van der Waals surface area contributed by atoms with E-state index in [0.29, 0.717) is 5.69 Å². The van der Waals surface area contributed by atoms with Gasteiger partial charge in [0, 0.05) is 6.72 Å². The van der Waals surface area contributed by atoms with Gasteiger partial charge in [-0.25, -0.2) is 0 Å². The van der Waals surface area contributed by atoms with E-state index in [9.17, 15) is 0 Å². The van der Waals surface area contributed by atoms with Gasteiger partial charge in [0.25, 0.3) is 0 Å². The summed E-state index contributed by atoms with van der Waals surface area (Å²) in [7, 11) is 0. The molecule has 0 aliphatic heterocycles. The lowest BCUT2D eigenvalue weighted by molar-refractivity contribution is 1.37. The number of nitrogen functional groups attached to an aromatic ring is 1. The van der Waals surface area contributed by atoms with Gasteiger partial charge < -0.3 is 5.73 Å². The fourth-order valence-electron chi connectivity index (χ4n) is 0.684. The normalized spacial score (nSPS) is 8.80. The number of hydrogen-bond donors (Lipinski definition) is 2. The van der Waals surface area contributed by atoms with Crippen LogP contribution >= 0.6 is 0 Å². The molecule has 3 heteroatoms. The molecule has 3 N–H and O–H groups in total. The highest BCUT2D eigenvalue weighted by Crippen LogP contribution is 2.15. The maximum atomic E-state index is 5.56. The predicted molar refractivity (Wildman–Crippen MR) is 44.0 cm³/mol. The summed E-state index contributed by atoms with van der Waals surface area (Å²) >= 11 is 0. The summed E-state index contributed by atoms with van der Waals surface area (Å²) in [5.41, 5.74) is 9.69. The van der Waals surface area contributed by atoms with Crippen LogP contribution in [0.3, 0.4) is 0 Å². The Morgan fingerprint density at radius 2 is 2.10 bits per heavy atom. The average molecular weight is 135 g/mol. The van der Waals surface area contributed by atoms with Crippen LogP contribution in [0.2, 0.25) is 0 Å². The number of hydrazone groups is 1. The van der Waals surface area contributed by atoms with Gasteiger partial charge in [0.2, 0.25) is 0 Å². The quantitative estimate of drug-likeness (QED) is 0.365. The molecule has 0 bridgehead atoms. The summed E-state index contributed by atoms with van der Waals surface area (Å²) < 4.78 is 0. The van der Waals surface area contributed by atoms with Crippen molar-refractivity contribution < 1.29 is 0 Å². The fraction of sp³-hybridized carbons (Fsp3) is 0. The number of nitrogens with two attached hydrogens (primary N) is 1. The summed E-state index contributed by atoms with van der Waals surface area (Å²) in [4.78, 5) is 0. The molecule has 0 atom stereocenters. The second-order valence-electron chi connectivity index (χ2n) is 1.86. The van der Waals surface area contributed by atoms with Crippen LogP contribution in [0.5, 0.6) is 0 Å². The Kier molecular flexibility index (Phi) is 1.89. The highest BCUT2D eigenvalue weighted by Gasteiger charge is 1.91. The number of nitrogens with zero attached hydrogens (tertiary/aromatic N) is 1. The number of anilines is 2. The van der Waals surface area contributed by atoms with Gasteiger partial charge >= 0.3 is 0 Å². The molecule has 0 aliphatic carbocycles. The standard InChI is InChI=1S/C7H9N3/c1-9-10-7-5-3-2-4-6(7)8/h2-5,10H,1,8H2. The molecule has 0 heterocycles. The van der Waals surface area contributed by atoms with E-state index in [1.54, 1.807) is 6.07 Å². The zero-order valence-corrected chi connectivity index (χ0v) is 5.54. The van der Waals surface area contributed by atoms with E-state index in [-0.39, 0.29) is 0 Å². The SMILES string of the molecule is C=NNc1ccccc1N. The number of para-hydroxylation sites is 2. The molecule has 0 aromatic heterocycles. The maximum Gasteiger partial charge on any atom is 0.0790 e. The number of hydrogen-bond acceptors (Lipinski definition) is 3. The molecule has 0 spiro atoms. The summed E-state index contributed by atoms with van der Waals surface area (Å²) in [6.07, 6.45) is 0. The first-order valence-corrected chi connectivity index (χ1v) is 2.91. The zero-order chi connectivity index (χ0) is 7.40. The van der Waals surface area contributed by atoms with Crippen LogP contribution in [-0.2, 0) is 0 Å². The second kappa shape index (κ2) is 2.87. The van der Waals surface area contributed by atoms with Gasteiger partial charge in [-0.3, -0.25) is 5.43 Å². The third-order valence-corrected chi connectivity index (χ3v) is 1.16. The molecule has 3 nitrogen and oxygen atoms in total. The van der Waals surface area contributed by atoms with Crippen molar-refractivity contribution >= 4 is 18.1 Å². The third-order valence-electron chi connectivity index (χ3n) is 1.16. The highest BCUT2D eigenvalue weighted by atomic mass is 15.3. The molecular formula is C7H9N3. The molecule has 1 aromatic rings. The van der Waals surface area contributed by atoms with Crippen molar-refractivity contribution in [1.82, 2.24) is 0 Å². The number of benzene rings is 1. The minimum absolute atomic E-state index is 0.676. The van der Waals surface area contributed by atoms with Crippen molar-refractivity contribution in [2.75, 3.05) is 11.2 Å². The van der Waals surface area contributed by atoms with E-state index < -0.39 is 0 Å². The van der Waals surface area contributed by atoms with Gasteiger partial charge in [-0.2, -0.15) is 5.10 Å². The second-order valence-corrected chi connectivity index (χ2v) is 1.86. The first-order valence-electron chi connectivity index (χ1n) is 2.91. The molecule has 0 fully saturated rings. The third kappa shape index (κ3) is 1.25. The van der Waals surface area contributed by atoms with Gasteiger partial charge in [-0.1, -0.05) is 12.1 Å². The average Bonchev–Trinajstić information content (AvgIpc) is 1.94. The monoisotopic (exact) mass is 135 g/mol. The molecule has 52 valence electrons. The maximum absolute atomic E-state index is 5.56. The Morgan fingerprint density at radius 1 is 1.40 bits per heavy atom. The van der Waals surface area contributed by atoms with Crippen molar-refractivity contribution in [2.24, 2.45) is 5.10 Å². The van der Waals surface area contributed by atoms with Crippen LogP contribution in [0.25, 0.3) is 0 Å². The predicted octanol–water partition coefficient (Wildman–Crippen LogP) is 1.30. The first kappa shape index (κ1) is 6.61. The molecule has 10 heavy (non-hydrogen) atoms. The first-order chi connectivity index (χ1) is 4.84. The lowest BCUT2D eigenvalue weighted by Crippen LogP contribution is -1.92. The van der Waals surface area contributed by atoms with Gasteiger partial charge in [0.15, 0.2) is 0 Å². The van der Waals surface area contributed by atoms with Crippen molar-refractivity contribution in [2.45, 2.75) is 0 Å². The summed E-state index contributed by atoms with van der Waals surface area (Å²) in [5.74, 6) is 0. The van der Waals surface area contributed by atoms with E-state index >= 15 is 0 Å². The lowest BCUT2D eigenvalue weighted by Gasteiger charge is -2.01. The Balaban J connectivity index is 2.91. The van der Waals surface area contributed by atoms with Crippen molar-refractivity contribution in [3.8, 4) is 0 Å². The molecule has 0 aliphatic rings. The highest BCUT2D eigenvalue weighted by molar-refractivity contribution is 5.65. The van der Waals surface area contributed by atoms with Crippen LogP contribution in [-0.4, -0.2) is 6.72 Å². The van der Waals surface area contributed by atoms with Crippen LogP contribution in [0.15, 0.2) is 29.4 Å². The molecule has 0 unspecified atom stereocenters. The summed E-state index contributed by atoms with van der Waals surface area (Å²) in [6, 6.07) is 7.38. The topological polar surface area (TPSA) is 50.4 Å². The van der Waals surface area contributed by atoms with Gasteiger partial charge in [0.05, 0.1) is 11.4 Å². The summed E-state index contributed by atoms with van der Waals surface area (Å²) in [6.45, 7) is 3.28. The van der Waals surface area contributed by atoms with Crippen molar-refractivity contribution in [3.63, 3.8) is 0 Å². The Labute approximate surface area is 59.6 Å². The van der Waals surface area contributed by atoms with Gasteiger partial charge in [-0.15, -0.1) is 0 Å². The van der Waals surface area contributed by atoms with Crippen LogP contribution in [0.4, 0.5) is 11.4 Å². The Morgan fingerprint density at radius 3 is 2.70 bits per heavy atom. The van der Waals surface area contributed by atoms with Gasteiger partial charge in [-0.05, 0) is 12.1 Å². The smallest absolute Gasteiger partial charge is 0.0790 e. The lowest BCUT2D eigenvalue weighted by atomic mass is 10.3. The van der Waals surface area contributed by atoms with E-state index in [4.69, 9.17) is 5.73 Å². The Bertz CT molecular complexity index is 232. The zero-order valence-electron chi connectivity index (χ0n) is 5.54. The minimum atomic E-state index is 0.676. The Hall–Kier alpha value is -1.51. The van der Waals surface area contributed by atoms with Crippen LogP contribution < -0.4 is 11.2 Å². The van der Waals surface area contributed by atoms with E-state index in [1.807, 2.05) is 18.2 Å². The molecule has 0 saturated carbocycles. The molecule has 0 saturated heterocycles. The fourth-order valence-corrected chi connectivity index (χ4v) is 0.684. The van der Waals surface area contributed by atoms with Crippen LogP contribution in [0, 0.1) is 0 Å². The molecule has 1 rings (SSSR count). The molecule has 1 aromatic carbocycles. The number of nitrogens with one attached hydrogen (secondary N) is 1. The largest absolute Gasteiger partial charge is 0.397 e. The molecular weight excluding hydrogens is 126 g/mol. The molecule has 0 radical (unpaired) electrons. The van der Waals surface area contributed by atoms with Gasteiger partial charge in [0.1, 0.15) is 0 Å². The van der Waals surface area contributed by atoms with E-state index in [0.717, 1.165) is 5.69 Å². The summed E-state index contributed by atoms with van der Waals surface area (Å²) in [5, 5.41) is 3.49.